The van der Waals surface area contributed by atoms with Crippen molar-refractivity contribution in [3.05, 3.63) is 23.8 Å². The lowest BCUT2D eigenvalue weighted by molar-refractivity contribution is 0.0758. The van der Waals surface area contributed by atoms with Crippen LogP contribution in [0.15, 0.2) is 18.2 Å². The predicted octanol–water partition coefficient (Wildman–Crippen LogP) is 2.56. The summed E-state index contributed by atoms with van der Waals surface area (Å²) in [7, 11) is 0. The maximum absolute atomic E-state index is 5.52. The zero-order valence-corrected chi connectivity index (χ0v) is 9.16. The molecule has 3 heteroatoms. The molecule has 1 aromatic carbocycles. The van der Waals surface area contributed by atoms with Gasteiger partial charge in [0.25, 0.3) is 0 Å². The Labute approximate surface area is 90.0 Å². The van der Waals surface area contributed by atoms with Gasteiger partial charge in [0, 0.05) is 6.61 Å². The molecule has 0 bridgehead atoms. The van der Waals surface area contributed by atoms with Gasteiger partial charge in [0.2, 0.25) is 0 Å². The van der Waals surface area contributed by atoms with E-state index in [1.165, 1.54) is 0 Å². The summed E-state index contributed by atoms with van der Waals surface area (Å²) in [6.07, 6.45) is 0.103. The highest BCUT2D eigenvalue weighted by Crippen LogP contribution is 2.33. The molecule has 0 saturated heterocycles. The third-order valence-corrected chi connectivity index (χ3v) is 2.45. The van der Waals surface area contributed by atoms with Crippen LogP contribution in [-0.4, -0.2) is 19.8 Å². The van der Waals surface area contributed by atoms with E-state index in [4.69, 9.17) is 14.2 Å². The van der Waals surface area contributed by atoms with Crippen LogP contribution in [0.25, 0.3) is 0 Å². The maximum atomic E-state index is 5.52. The Balaban J connectivity index is 2.20. The molecule has 1 aliphatic rings. The second kappa shape index (κ2) is 4.53. The van der Waals surface area contributed by atoms with E-state index >= 15 is 0 Å². The molecule has 2 rings (SSSR count). The molecule has 15 heavy (non-hydrogen) atoms. The molecular weight excluding hydrogens is 192 g/mol. The second-order valence-electron chi connectivity index (χ2n) is 3.50. The molecule has 0 amide bonds. The van der Waals surface area contributed by atoms with Crippen LogP contribution >= 0.6 is 0 Å². The number of benzene rings is 1. The molecule has 1 unspecified atom stereocenters. The quantitative estimate of drug-likeness (QED) is 0.764. The van der Waals surface area contributed by atoms with Gasteiger partial charge in [-0.3, -0.25) is 0 Å². The van der Waals surface area contributed by atoms with Crippen molar-refractivity contribution in [1.82, 2.24) is 0 Å². The summed E-state index contributed by atoms with van der Waals surface area (Å²) in [5.41, 5.74) is 1.13. The standard InChI is InChI=1S/C12H16O3/c1-3-13-9(2)10-4-5-11-12(8-10)15-7-6-14-11/h4-5,8-9H,3,6-7H2,1-2H3. The Morgan fingerprint density at radius 3 is 2.73 bits per heavy atom. The number of hydrogen-bond donors (Lipinski definition) is 0. The van der Waals surface area contributed by atoms with Gasteiger partial charge < -0.3 is 14.2 Å². The van der Waals surface area contributed by atoms with E-state index in [9.17, 15) is 0 Å². The van der Waals surface area contributed by atoms with Gasteiger partial charge in [0.15, 0.2) is 11.5 Å². The molecule has 0 N–H and O–H groups in total. The number of hydrogen-bond acceptors (Lipinski definition) is 3. The highest BCUT2D eigenvalue weighted by Gasteiger charge is 2.14. The Hall–Kier alpha value is -1.22. The van der Waals surface area contributed by atoms with Crippen molar-refractivity contribution in [2.75, 3.05) is 19.8 Å². The van der Waals surface area contributed by atoms with E-state index in [1.54, 1.807) is 0 Å². The molecule has 0 spiro atoms. The predicted molar refractivity (Wildman–Crippen MR) is 57.5 cm³/mol. The lowest BCUT2D eigenvalue weighted by Crippen LogP contribution is -2.15. The highest BCUT2D eigenvalue weighted by atomic mass is 16.6. The van der Waals surface area contributed by atoms with Gasteiger partial charge in [-0.15, -0.1) is 0 Å². The fourth-order valence-electron chi connectivity index (χ4n) is 1.66. The molecular formula is C12H16O3. The summed E-state index contributed by atoms with van der Waals surface area (Å²) in [6, 6.07) is 5.96. The van der Waals surface area contributed by atoms with E-state index in [0.29, 0.717) is 13.2 Å². The molecule has 0 fully saturated rings. The van der Waals surface area contributed by atoms with Crippen molar-refractivity contribution >= 4 is 0 Å². The summed E-state index contributed by atoms with van der Waals surface area (Å²) >= 11 is 0. The maximum Gasteiger partial charge on any atom is 0.161 e. The molecule has 0 aliphatic carbocycles. The lowest BCUT2D eigenvalue weighted by atomic mass is 10.1. The van der Waals surface area contributed by atoms with Crippen LogP contribution in [0.3, 0.4) is 0 Å². The van der Waals surface area contributed by atoms with Crippen molar-refractivity contribution in [3.8, 4) is 11.5 Å². The number of fused-ring (bicyclic) bond motifs is 1. The first-order valence-electron chi connectivity index (χ1n) is 5.32. The van der Waals surface area contributed by atoms with Gasteiger partial charge >= 0.3 is 0 Å². The van der Waals surface area contributed by atoms with Gasteiger partial charge in [-0.2, -0.15) is 0 Å². The van der Waals surface area contributed by atoms with Crippen molar-refractivity contribution in [3.63, 3.8) is 0 Å². The third-order valence-electron chi connectivity index (χ3n) is 2.45. The topological polar surface area (TPSA) is 27.7 Å². The van der Waals surface area contributed by atoms with E-state index in [2.05, 4.69) is 0 Å². The summed E-state index contributed by atoms with van der Waals surface area (Å²) in [5.74, 6) is 1.65. The van der Waals surface area contributed by atoms with Crippen LogP contribution in [0, 0.1) is 0 Å². The molecule has 0 radical (unpaired) electrons. The van der Waals surface area contributed by atoms with Gasteiger partial charge in [-0.1, -0.05) is 6.07 Å². The van der Waals surface area contributed by atoms with E-state index in [1.807, 2.05) is 32.0 Å². The van der Waals surface area contributed by atoms with Gasteiger partial charge in [0.05, 0.1) is 6.10 Å². The second-order valence-corrected chi connectivity index (χ2v) is 3.50. The molecule has 1 aromatic rings. The SMILES string of the molecule is CCOC(C)c1ccc2c(c1)OCCO2. The number of ether oxygens (including phenoxy) is 3. The normalized spacial score (nSPS) is 16.1. The minimum absolute atomic E-state index is 0.103. The van der Waals surface area contributed by atoms with Crippen molar-refractivity contribution in [2.45, 2.75) is 20.0 Å². The molecule has 0 saturated carbocycles. The molecule has 1 atom stereocenters. The van der Waals surface area contributed by atoms with Crippen LogP contribution < -0.4 is 9.47 Å². The van der Waals surface area contributed by atoms with E-state index in [-0.39, 0.29) is 6.10 Å². The van der Waals surface area contributed by atoms with Crippen molar-refractivity contribution < 1.29 is 14.2 Å². The first-order valence-corrected chi connectivity index (χ1v) is 5.32. The highest BCUT2D eigenvalue weighted by molar-refractivity contribution is 5.44. The Morgan fingerprint density at radius 1 is 1.27 bits per heavy atom. The number of rotatable bonds is 3. The van der Waals surface area contributed by atoms with E-state index < -0.39 is 0 Å². The zero-order chi connectivity index (χ0) is 10.7. The Kier molecular flexibility index (Phi) is 3.11. The van der Waals surface area contributed by atoms with Crippen LogP contribution in [0.5, 0.6) is 11.5 Å². The molecule has 1 heterocycles. The molecule has 0 aromatic heterocycles. The summed E-state index contributed by atoms with van der Waals surface area (Å²) in [4.78, 5) is 0. The average molecular weight is 208 g/mol. The fourth-order valence-corrected chi connectivity index (χ4v) is 1.66. The molecule has 82 valence electrons. The Bertz CT molecular complexity index is 336. The fraction of sp³-hybridized carbons (Fsp3) is 0.500. The Morgan fingerprint density at radius 2 is 2.00 bits per heavy atom. The first-order chi connectivity index (χ1) is 7.31. The summed E-state index contributed by atoms with van der Waals surface area (Å²) in [6.45, 7) is 6.01. The van der Waals surface area contributed by atoms with Gasteiger partial charge in [0.1, 0.15) is 13.2 Å². The van der Waals surface area contributed by atoms with Crippen LogP contribution in [0.4, 0.5) is 0 Å². The van der Waals surface area contributed by atoms with Crippen molar-refractivity contribution in [2.24, 2.45) is 0 Å². The zero-order valence-electron chi connectivity index (χ0n) is 9.16. The first kappa shape index (κ1) is 10.3. The molecule has 1 aliphatic heterocycles. The molecule has 3 nitrogen and oxygen atoms in total. The van der Waals surface area contributed by atoms with Crippen LogP contribution in [-0.2, 0) is 4.74 Å². The van der Waals surface area contributed by atoms with Gasteiger partial charge in [-0.25, -0.2) is 0 Å². The lowest BCUT2D eigenvalue weighted by Gasteiger charge is -2.20. The summed E-state index contributed by atoms with van der Waals surface area (Å²) < 4.78 is 16.5. The largest absolute Gasteiger partial charge is 0.486 e. The minimum Gasteiger partial charge on any atom is -0.486 e. The van der Waals surface area contributed by atoms with E-state index in [0.717, 1.165) is 23.7 Å². The summed E-state index contributed by atoms with van der Waals surface area (Å²) in [5, 5.41) is 0. The average Bonchev–Trinajstić information content (AvgIpc) is 2.29. The smallest absolute Gasteiger partial charge is 0.161 e. The van der Waals surface area contributed by atoms with Crippen LogP contribution in [0.2, 0.25) is 0 Å². The van der Waals surface area contributed by atoms with Crippen molar-refractivity contribution in [1.29, 1.82) is 0 Å². The minimum atomic E-state index is 0.103. The van der Waals surface area contributed by atoms with Crippen LogP contribution in [0.1, 0.15) is 25.5 Å². The van der Waals surface area contributed by atoms with Gasteiger partial charge in [-0.05, 0) is 31.5 Å². The third kappa shape index (κ3) is 2.23. The monoisotopic (exact) mass is 208 g/mol.